The molecule has 0 fully saturated rings. The fourth-order valence-electron chi connectivity index (χ4n) is 2.35. The van der Waals surface area contributed by atoms with Crippen molar-refractivity contribution >= 4 is 21.9 Å². The molecule has 0 amide bonds. The van der Waals surface area contributed by atoms with Crippen LogP contribution in [0.4, 0.5) is 0 Å². The van der Waals surface area contributed by atoms with Gasteiger partial charge in [0.25, 0.3) is 5.88 Å². The second kappa shape index (κ2) is 4.03. The number of aromatic nitrogens is 4. The summed E-state index contributed by atoms with van der Waals surface area (Å²) in [5.74, 6) is -0.124. The van der Waals surface area contributed by atoms with Crippen LogP contribution in [0.5, 0.6) is 5.88 Å². The number of H-pyrrole nitrogens is 1. The van der Waals surface area contributed by atoms with Crippen LogP contribution < -0.4 is 0 Å². The first-order valence-corrected chi connectivity index (χ1v) is 6.22. The van der Waals surface area contributed by atoms with Crippen LogP contribution in [0.25, 0.3) is 33.1 Å². The molecule has 4 aromatic rings. The highest BCUT2D eigenvalue weighted by Crippen LogP contribution is 2.28. The van der Waals surface area contributed by atoms with Crippen molar-refractivity contribution in [3.05, 3.63) is 48.5 Å². The third kappa shape index (κ3) is 1.53. The third-order valence-corrected chi connectivity index (χ3v) is 3.35. The van der Waals surface area contributed by atoms with Gasteiger partial charge in [-0.3, -0.25) is 5.10 Å². The van der Waals surface area contributed by atoms with Gasteiger partial charge >= 0.3 is 0 Å². The van der Waals surface area contributed by atoms with E-state index in [1.165, 1.54) is 0 Å². The summed E-state index contributed by atoms with van der Waals surface area (Å²) in [7, 11) is 0. The van der Waals surface area contributed by atoms with Gasteiger partial charge in [0.15, 0.2) is 5.52 Å². The van der Waals surface area contributed by atoms with Crippen LogP contribution in [-0.2, 0) is 0 Å². The lowest BCUT2D eigenvalue weighted by Gasteiger charge is -2.03. The highest BCUT2D eigenvalue weighted by Gasteiger charge is 2.10. The number of fused-ring (bicyclic) bond motifs is 3. The van der Waals surface area contributed by atoms with E-state index in [0.717, 1.165) is 22.0 Å². The molecule has 0 spiro atoms. The van der Waals surface area contributed by atoms with Crippen molar-refractivity contribution in [2.45, 2.75) is 0 Å². The molecule has 2 aromatic heterocycles. The summed E-state index contributed by atoms with van der Waals surface area (Å²) in [5, 5.41) is 25.2. The van der Waals surface area contributed by atoms with Gasteiger partial charge in [-0.25, -0.2) is 0 Å². The number of aromatic amines is 1. The molecule has 5 nitrogen and oxygen atoms in total. The van der Waals surface area contributed by atoms with Crippen LogP contribution in [0.1, 0.15) is 0 Å². The Bertz CT molecular complexity index is 915. The molecule has 0 unspecified atom stereocenters. The van der Waals surface area contributed by atoms with E-state index in [1.807, 2.05) is 36.4 Å². The van der Waals surface area contributed by atoms with Gasteiger partial charge in [-0.05, 0) is 23.3 Å². The summed E-state index contributed by atoms with van der Waals surface area (Å²) < 4.78 is 0. The molecule has 0 saturated carbocycles. The summed E-state index contributed by atoms with van der Waals surface area (Å²) in [4.78, 5) is 0. The molecule has 4 rings (SSSR count). The molecule has 0 saturated heterocycles. The van der Waals surface area contributed by atoms with E-state index in [1.54, 1.807) is 0 Å². The van der Waals surface area contributed by atoms with E-state index in [4.69, 9.17) is 0 Å². The fourth-order valence-corrected chi connectivity index (χ4v) is 2.35. The number of aromatic hydroxyl groups is 1. The molecule has 0 atom stereocenters. The molecule has 0 bridgehead atoms. The summed E-state index contributed by atoms with van der Waals surface area (Å²) in [6, 6.07) is 16.1. The maximum absolute atomic E-state index is 9.56. The van der Waals surface area contributed by atoms with Gasteiger partial charge in [0, 0.05) is 5.39 Å². The molecule has 0 radical (unpaired) electrons. The summed E-state index contributed by atoms with van der Waals surface area (Å²) in [6.07, 6.45) is 0. The largest absolute Gasteiger partial charge is 0.491 e. The van der Waals surface area contributed by atoms with Crippen LogP contribution in [0.15, 0.2) is 48.5 Å². The topological polar surface area (TPSA) is 74.7 Å². The van der Waals surface area contributed by atoms with E-state index in [9.17, 15) is 5.11 Å². The van der Waals surface area contributed by atoms with E-state index >= 15 is 0 Å². The van der Waals surface area contributed by atoms with E-state index in [-0.39, 0.29) is 5.88 Å². The molecule has 0 aliphatic heterocycles. The number of nitrogens with zero attached hydrogens (tertiary/aromatic N) is 3. The first kappa shape index (κ1) is 10.9. The first-order chi connectivity index (χ1) is 9.83. The lowest BCUT2D eigenvalue weighted by Crippen LogP contribution is -1.87. The molecular formula is C15H10N4O. The van der Waals surface area contributed by atoms with Gasteiger partial charge in [0.05, 0.1) is 11.0 Å². The van der Waals surface area contributed by atoms with Crippen molar-refractivity contribution < 1.29 is 5.11 Å². The zero-order valence-electron chi connectivity index (χ0n) is 10.4. The van der Waals surface area contributed by atoms with Crippen molar-refractivity contribution in [2.75, 3.05) is 0 Å². The van der Waals surface area contributed by atoms with Gasteiger partial charge in [0.2, 0.25) is 0 Å². The number of benzene rings is 2. The molecule has 96 valence electrons. The molecular weight excluding hydrogens is 252 g/mol. The predicted octanol–water partition coefficient (Wildman–Crippen LogP) is 2.88. The second-order valence-electron chi connectivity index (χ2n) is 4.57. The highest BCUT2D eigenvalue weighted by molar-refractivity contribution is 6.03. The minimum Gasteiger partial charge on any atom is -0.491 e. The summed E-state index contributed by atoms with van der Waals surface area (Å²) >= 11 is 0. The Hall–Kier alpha value is -2.95. The molecule has 2 N–H and O–H groups in total. The fraction of sp³-hybridized carbons (Fsp3) is 0. The number of rotatable bonds is 1. The average Bonchev–Trinajstić information content (AvgIpc) is 2.89. The minimum absolute atomic E-state index is 0.124. The van der Waals surface area contributed by atoms with Crippen molar-refractivity contribution in [1.29, 1.82) is 0 Å². The molecule has 5 heteroatoms. The zero-order valence-corrected chi connectivity index (χ0v) is 10.4. The Labute approximate surface area is 113 Å². The Morgan fingerprint density at radius 1 is 0.900 bits per heavy atom. The smallest absolute Gasteiger partial charge is 0.258 e. The Morgan fingerprint density at radius 2 is 1.75 bits per heavy atom. The monoisotopic (exact) mass is 262 g/mol. The SMILES string of the molecule is Oc1n[nH]c2c1nnc1cc(-c3ccccc3)ccc12. The van der Waals surface area contributed by atoms with Gasteiger partial charge in [-0.1, -0.05) is 36.4 Å². The Kier molecular flexibility index (Phi) is 2.20. The van der Waals surface area contributed by atoms with Crippen LogP contribution in [0.3, 0.4) is 0 Å². The van der Waals surface area contributed by atoms with Gasteiger partial charge in [-0.2, -0.15) is 0 Å². The van der Waals surface area contributed by atoms with E-state index < -0.39 is 0 Å². The zero-order chi connectivity index (χ0) is 13.5. The lowest BCUT2D eigenvalue weighted by molar-refractivity contribution is 0.456. The van der Waals surface area contributed by atoms with Crippen LogP contribution in [0.2, 0.25) is 0 Å². The van der Waals surface area contributed by atoms with Gasteiger partial charge < -0.3 is 5.11 Å². The maximum Gasteiger partial charge on any atom is 0.258 e. The van der Waals surface area contributed by atoms with Crippen LogP contribution in [0, 0.1) is 0 Å². The number of nitrogens with one attached hydrogen (secondary N) is 1. The van der Waals surface area contributed by atoms with E-state index in [0.29, 0.717) is 11.0 Å². The standard InChI is InChI=1S/C15H10N4O/c20-15-14-13(17-19-15)11-7-6-10(8-12(11)16-18-14)9-4-2-1-3-5-9/h1-8H,(H2,17,19,20). The van der Waals surface area contributed by atoms with Crippen LogP contribution in [-0.4, -0.2) is 25.5 Å². The summed E-state index contributed by atoms with van der Waals surface area (Å²) in [6.45, 7) is 0. The van der Waals surface area contributed by atoms with Crippen molar-refractivity contribution in [2.24, 2.45) is 0 Å². The van der Waals surface area contributed by atoms with Crippen molar-refractivity contribution in [3.63, 3.8) is 0 Å². The molecule has 20 heavy (non-hydrogen) atoms. The Morgan fingerprint density at radius 3 is 2.60 bits per heavy atom. The molecule has 0 aliphatic carbocycles. The number of hydrogen-bond donors (Lipinski definition) is 2. The lowest BCUT2D eigenvalue weighted by atomic mass is 10.0. The Balaban J connectivity index is 1.99. The highest BCUT2D eigenvalue weighted by atomic mass is 16.3. The van der Waals surface area contributed by atoms with Crippen LogP contribution >= 0.6 is 0 Å². The van der Waals surface area contributed by atoms with Crippen molar-refractivity contribution in [1.82, 2.24) is 20.4 Å². The summed E-state index contributed by atoms with van der Waals surface area (Å²) in [5.41, 5.74) is 4.07. The quantitative estimate of drug-likeness (QED) is 0.553. The van der Waals surface area contributed by atoms with Gasteiger partial charge in [0.1, 0.15) is 0 Å². The minimum atomic E-state index is -0.124. The third-order valence-electron chi connectivity index (χ3n) is 3.35. The molecule has 2 heterocycles. The number of hydrogen-bond acceptors (Lipinski definition) is 4. The van der Waals surface area contributed by atoms with Crippen molar-refractivity contribution in [3.8, 4) is 17.0 Å². The predicted molar refractivity (Wildman–Crippen MR) is 76.3 cm³/mol. The molecule has 2 aromatic carbocycles. The normalized spacial score (nSPS) is 11.2. The second-order valence-corrected chi connectivity index (χ2v) is 4.57. The average molecular weight is 262 g/mol. The first-order valence-electron chi connectivity index (χ1n) is 6.22. The molecule has 0 aliphatic rings. The maximum atomic E-state index is 9.56. The van der Waals surface area contributed by atoms with Gasteiger partial charge in [-0.15, -0.1) is 15.3 Å². The van der Waals surface area contributed by atoms with E-state index in [2.05, 4.69) is 32.5 Å².